The molecule has 1 aliphatic rings. The molecule has 1 aliphatic heterocycles. The van der Waals surface area contributed by atoms with E-state index in [9.17, 15) is 0 Å². The lowest BCUT2D eigenvalue weighted by Gasteiger charge is -2.03. The topological polar surface area (TPSA) is 51.0 Å². The van der Waals surface area contributed by atoms with Crippen LogP contribution >= 0.6 is 23.2 Å². The van der Waals surface area contributed by atoms with Crippen molar-refractivity contribution in [3.8, 4) is 0 Å². The number of nitrogens with zero attached hydrogens (tertiary/aromatic N) is 2. The summed E-state index contributed by atoms with van der Waals surface area (Å²) in [4.78, 5) is 4.41. The van der Waals surface area contributed by atoms with Crippen molar-refractivity contribution in [2.75, 3.05) is 6.54 Å². The van der Waals surface area contributed by atoms with Crippen molar-refractivity contribution in [3.63, 3.8) is 0 Å². The van der Waals surface area contributed by atoms with E-state index in [0.29, 0.717) is 28.2 Å². The lowest BCUT2D eigenvalue weighted by Crippen LogP contribution is -2.13. The van der Waals surface area contributed by atoms with Crippen molar-refractivity contribution in [2.45, 2.75) is 25.3 Å². The van der Waals surface area contributed by atoms with Gasteiger partial charge >= 0.3 is 0 Å². The Hall–Kier alpha value is -1.10. The van der Waals surface area contributed by atoms with E-state index < -0.39 is 0 Å². The molecule has 1 unspecified atom stereocenters. The Kier molecular flexibility index (Phi) is 3.73. The highest BCUT2D eigenvalue weighted by Crippen LogP contribution is 2.27. The normalized spacial score (nSPS) is 18.9. The highest BCUT2D eigenvalue weighted by Gasteiger charge is 2.22. The van der Waals surface area contributed by atoms with Crippen LogP contribution in [-0.4, -0.2) is 16.7 Å². The van der Waals surface area contributed by atoms with Crippen LogP contribution in [0.1, 0.15) is 36.2 Å². The maximum absolute atomic E-state index is 6.13. The van der Waals surface area contributed by atoms with Gasteiger partial charge in [0.15, 0.2) is 5.82 Å². The molecule has 1 fully saturated rings. The summed E-state index contributed by atoms with van der Waals surface area (Å²) in [6, 6.07) is 5.62. The Bertz CT molecular complexity index is 559. The molecule has 0 radical (unpaired) electrons. The molecule has 0 bridgehead atoms. The first kappa shape index (κ1) is 12.9. The van der Waals surface area contributed by atoms with Crippen LogP contribution in [0.15, 0.2) is 22.7 Å². The minimum atomic E-state index is 0.183. The van der Waals surface area contributed by atoms with Crippen molar-refractivity contribution in [2.24, 2.45) is 0 Å². The number of halogens is 2. The van der Waals surface area contributed by atoms with Crippen molar-refractivity contribution >= 4 is 23.2 Å². The summed E-state index contributed by atoms with van der Waals surface area (Å²) in [5.74, 6) is 1.26. The zero-order valence-electron chi connectivity index (χ0n) is 10.2. The minimum absolute atomic E-state index is 0.183. The number of aromatic nitrogens is 2. The highest BCUT2D eigenvalue weighted by atomic mass is 35.5. The maximum Gasteiger partial charge on any atom is 0.243 e. The van der Waals surface area contributed by atoms with E-state index in [1.54, 1.807) is 0 Å². The van der Waals surface area contributed by atoms with Crippen LogP contribution in [-0.2, 0) is 6.42 Å². The maximum atomic E-state index is 6.13. The zero-order valence-corrected chi connectivity index (χ0v) is 11.7. The molecule has 19 heavy (non-hydrogen) atoms. The molecule has 0 spiro atoms. The van der Waals surface area contributed by atoms with Crippen LogP contribution in [0.4, 0.5) is 0 Å². The van der Waals surface area contributed by atoms with E-state index >= 15 is 0 Å². The van der Waals surface area contributed by atoms with Gasteiger partial charge in [0.25, 0.3) is 0 Å². The van der Waals surface area contributed by atoms with Gasteiger partial charge in [-0.1, -0.05) is 34.4 Å². The molecule has 4 nitrogen and oxygen atoms in total. The van der Waals surface area contributed by atoms with Gasteiger partial charge in [0.1, 0.15) is 0 Å². The Balaban J connectivity index is 1.80. The molecule has 2 aromatic rings. The van der Waals surface area contributed by atoms with Crippen molar-refractivity contribution < 1.29 is 4.52 Å². The lowest BCUT2D eigenvalue weighted by molar-refractivity contribution is 0.341. The summed E-state index contributed by atoms with van der Waals surface area (Å²) in [6.45, 7) is 0.999. The van der Waals surface area contributed by atoms with E-state index in [0.717, 1.165) is 24.9 Å². The van der Waals surface area contributed by atoms with Gasteiger partial charge in [-0.25, -0.2) is 0 Å². The molecule has 3 rings (SSSR count). The largest absolute Gasteiger partial charge is 0.338 e. The third-order valence-electron chi connectivity index (χ3n) is 3.24. The Labute approximate surface area is 121 Å². The molecule has 1 aromatic heterocycles. The smallest absolute Gasteiger partial charge is 0.243 e. The molecule has 0 amide bonds. The minimum Gasteiger partial charge on any atom is -0.338 e. The van der Waals surface area contributed by atoms with Gasteiger partial charge in [-0.2, -0.15) is 4.98 Å². The average molecular weight is 298 g/mol. The fourth-order valence-electron chi connectivity index (χ4n) is 2.24. The fraction of sp³-hybridized carbons (Fsp3) is 0.385. The van der Waals surface area contributed by atoms with Gasteiger partial charge in [-0.15, -0.1) is 0 Å². The van der Waals surface area contributed by atoms with Gasteiger partial charge in [-0.3, -0.25) is 0 Å². The first-order valence-electron chi connectivity index (χ1n) is 6.23. The summed E-state index contributed by atoms with van der Waals surface area (Å²) in [6.07, 6.45) is 2.65. The quantitative estimate of drug-likeness (QED) is 0.943. The molecule has 1 atom stereocenters. The number of nitrogens with one attached hydrogen (secondary N) is 1. The second-order valence-electron chi connectivity index (χ2n) is 4.57. The Morgan fingerprint density at radius 3 is 2.79 bits per heavy atom. The number of hydrogen-bond acceptors (Lipinski definition) is 4. The molecule has 2 heterocycles. The summed E-state index contributed by atoms with van der Waals surface area (Å²) in [7, 11) is 0. The molecule has 6 heteroatoms. The van der Waals surface area contributed by atoms with Gasteiger partial charge in [0.2, 0.25) is 5.89 Å². The molecule has 0 saturated carbocycles. The van der Waals surface area contributed by atoms with Crippen LogP contribution in [0.5, 0.6) is 0 Å². The van der Waals surface area contributed by atoms with Gasteiger partial charge in [-0.05, 0) is 37.1 Å². The molecule has 1 aromatic carbocycles. The monoisotopic (exact) mass is 297 g/mol. The molecular formula is C13H13Cl2N3O. The molecule has 1 saturated heterocycles. The first-order chi connectivity index (χ1) is 9.24. The van der Waals surface area contributed by atoms with E-state index in [-0.39, 0.29) is 6.04 Å². The molecule has 100 valence electrons. The number of hydrogen-bond donors (Lipinski definition) is 1. The molecular weight excluding hydrogens is 285 g/mol. The predicted molar refractivity (Wildman–Crippen MR) is 73.5 cm³/mol. The third kappa shape index (κ3) is 2.76. The zero-order chi connectivity index (χ0) is 13.2. The van der Waals surface area contributed by atoms with Crippen molar-refractivity contribution in [1.29, 1.82) is 0 Å². The van der Waals surface area contributed by atoms with Crippen LogP contribution < -0.4 is 5.32 Å². The number of rotatable bonds is 3. The van der Waals surface area contributed by atoms with Gasteiger partial charge < -0.3 is 9.84 Å². The Morgan fingerprint density at radius 1 is 1.32 bits per heavy atom. The third-order valence-corrected chi connectivity index (χ3v) is 3.95. The van der Waals surface area contributed by atoms with E-state index in [1.165, 1.54) is 0 Å². The molecule has 1 N–H and O–H groups in total. The average Bonchev–Trinajstić information content (AvgIpc) is 3.04. The standard InChI is InChI=1S/C13H13Cl2N3O/c14-9-3-1-4-10(15)8(9)7-12-17-13(19-18-12)11-5-2-6-16-11/h1,3-4,11,16H,2,5-7H2. The summed E-state index contributed by atoms with van der Waals surface area (Å²) >= 11 is 12.3. The SMILES string of the molecule is Clc1cccc(Cl)c1Cc1noc(C2CCCN2)n1. The summed E-state index contributed by atoms with van der Waals surface area (Å²) < 4.78 is 5.29. The van der Waals surface area contributed by atoms with Crippen LogP contribution in [0, 0.1) is 0 Å². The first-order valence-corrected chi connectivity index (χ1v) is 6.98. The van der Waals surface area contributed by atoms with Gasteiger partial charge in [0, 0.05) is 16.5 Å². The second kappa shape index (κ2) is 5.49. The Morgan fingerprint density at radius 2 is 2.11 bits per heavy atom. The summed E-state index contributed by atoms with van der Waals surface area (Å²) in [5.41, 5.74) is 0.831. The summed E-state index contributed by atoms with van der Waals surface area (Å²) in [5, 5.41) is 8.57. The van der Waals surface area contributed by atoms with Crippen LogP contribution in [0.25, 0.3) is 0 Å². The lowest BCUT2D eigenvalue weighted by atomic mass is 10.1. The highest BCUT2D eigenvalue weighted by molar-refractivity contribution is 6.36. The predicted octanol–water partition coefficient (Wildman–Crippen LogP) is 3.39. The fourth-order valence-corrected chi connectivity index (χ4v) is 2.77. The van der Waals surface area contributed by atoms with Gasteiger partial charge in [0.05, 0.1) is 6.04 Å². The van der Waals surface area contributed by atoms with Crippen molar-refractivity contribution in [1.82, 2.24) is 15.5 Å². The van der Waals surface area contributed by atoms with Crippen LogP contribution in [0.2, 0.25) is 10.0 Å². The van der Waals surface area contributed by atoms with Crippen LogP contribution in [0.3, 0.4) is 0 Å². The van der Waals surface area contributed by atoms with E-state index in [2.05, 4.69) is 15.5 Å². The van der Waals surface area contributed by atoms with E-state index in [1.807, 2.05) is 18.2 Å². The second-order valence-corrected chi connectivity index (χ2v) is 5.39. The van der Waals surface area contributed by atoms with E-state index in [4.69, 9.17) is 27.7 Å². The molecule has 0 aliphatic carbocycles. The number of benzene rings is 1. The van der Waals surface area contributed by atoms with Crippen molar-refractivity contribution in [3.05, 3.63) is 45.5 Å².